The predicted octanol–water partition coefficient (Wildman–Crippen LogP) is 3.01. The van der Waals surface area contributed by atoms with Crippen LogP contribution in [0.5, 0.6) is 0 Å². The van der Waals surface area contributed by atoms with Crippen molar-refractivity contribution < 1.29 is 5.11 Å². The van der Waals surface area contributed by atoms with Crippen LogP contribution in [0.25, 0.3) is 10.9 Å². The average molecular weight is 289 g/mol. The average Bonchev–Trinajstić information content (AvgIpc) is 2.77. The molecule has 0 bridgehead atoms. The lowest BCUT2D eigenvalue weighted by Gasteiger charge is -2.34. The Morgan fingerprint density at radius 1 is 1.30 bits per heavy atom. The van der Waals surface area contributed by atoms with Gasteiger partial charge in [0.25, 0.3) is 0 Å². The van der Waals surface area contributed by atoms with E-state index in [4.69, 9.17) is 16.6 Å². The second-order valence-corrected chi connectivity index (χ2v) is 6.53. The molecule has 4 heteroatoms. The van der Waals surface area contributed by atoms with E-state index in [9.17, 15) is 5.11 Å². The van der Waals surface area contributed by atoms with Crippen molar-refractivity contribution in [2.45, 2.75) is 19.4 Å². The van der Waals surface area contributed by atoms with E-state index in [2.05, 4.69) is 17.9 Å². The van der Waals surface area contributed by atoms with Gasteiger partial charge in [0.1, 0.15) is 5.82 Å². The number of rotatable bonds is 1. The zero-order valence-corrected chi connectivity index (χ0v) is 12.1. The summed E-state index contributed by atoms with van der Waals surface area (Å²) >= 11 is 6.05. The maximum Gasteiger partial charge on any atom is 0.129 e. The molecule has 0 spiro atoms. The van der Waals surface area contributed by atoms with Gasteiger partial charge in [-0.15, -0.1) is 0 Å². The fourth-order valence-corrected chi connectivity index (χ4v) is 3.74. The van der Waals surface area contributed by atoms with Crippen molar-refractivity contribution >= 4 is 28.3 Å². The van der Waals surface area contributed by atoms with E-state index in [1.54, 1.807) is 0 Å². The van der Waals surface area contributed by atoms with Gasteiger partial charge in [0.05, 0.1) is 11.6 Å². The Morgan fingerprint density at radius 3 is 2.90 bits per heavy atom. The topological polar surface area (TPSA) is 36.4 Å². The van der Waals surface area contributed by atoms with E-state index in [-0.39, 0.29) is 6.10 Å². The first kappa shape index (κ1) is 12.4. The summed E-state index contributed by atoms with van der Waals surface area (Å²) in [6, 6.07) is 7.97. The summed E-state index contributed by atoms with van der Waals surface area (Å²) in [7, 11) is 0. The number of aromatic nitrogens is 1. The standard InChI is InChI=1S/C16H17ClN2O/c1-9-4-16(18-14-3-2-11(17)6-12(9)14)19-7-10-5-15(20)13(10)8-19/h2-4,6,10,13,15,20H,5,7-8H2,1H3/t10-,13+,15-/m1/s1. The molecule has 104 valence electrons. The Labute approximate surface area is 123 Å². The summed E-state index contributed by atoms with van der Waals surface area (Å²) in [5, 5.41) is 11.6. The molecular formula is C16H17ClN2O. The van der Waals surface area contributed by atoms with Gasteiger partial charge in [-0.1, -0.05) is 11.6 Å². The van der Waals surface area contributed by atoms with Gasteiger partial charge in [0, 0.05) is 29.4 Å². The Morgan fingerprint density at radius 2 is 2.15 bits per heavy atom. The minimum absolute atomic E-state index is 0.106. The monoisotopic (exact) mass is 288 g/mol. The van der Waals surface area contributed by atoms with Crippen LogP contribution in [0.3, 0.4) is 0 Å². The van der Waals surface area contributed by atoms with Crippen LogP contribution in [-0.4, -0.2) is 29.3 Å². The van der Waals surface area contributed by atoms with Crippen molar-refractivity contribution in [3.63, 3.8) is 0 Å². The van der Waals surface area contributed by atoms with E-state index >= 15 is 0 Å². The molecule has 0 unspecified atom stereocenters. The molecule has 1 saturated heterocycles. The quantitative estimate of drug-likeness (QED) is 0.876. The van der Waals surface area contributed by atoms with Crippen LogP contribution in [0.1, 0.15) is 12.0 Å². The van der Waals surface area contributed by atoms with Crippen molar-refractivity contribution in [3.05, 3.63) is 34.9 Å². The lowest BCUT2D eigenvalue weighted by molar-refractivity contribution is -0.00398. The second-order valence-electron chi connectivity index (χ2n) is 6.09. The van der Waals surface area contributed by atoms with Gasteiger partial charge >= 0.3 is 0 Å². The summed E-state index contributed by atoms with van der Waals surface area (Å²) in [5.41, 5.74) is 2.19. The molecule has 2 heterocycles. The first-order valence-electron chi connectivity index (χ1n) is 7.12. The van der Waals surface area contributed by atoms with Gasteiger partial charge in [-0.25, -0.2) is 4.98 Å². The molecule has 3 atom stereocenters. The highest BCUT2D eigenvalue weighted by Gasteiger charge is 2.46. The van der Waals surface area contributed by atoms with Crippen LogP contribution in [0.2, 0.25) is 5.02 Å². The SMILES string of the molecule is Cc1cc(N2C[C@H]3C[C@@H](O)[C@H]3C2)nc2ccc(Cl)cc12. The minimum Gasteiger partial charge on any atom is -0.393 e. The number of aryl methyl sites for hydroxylation is 1. The van der Waals surface area contributed by atoms with E-state index in [0.717, 1.165) is 41.3 Å². The highest BCUT2D eigenvalue weighted by molar-refractivity contribution is 6.31. The Kier molecular flexibility index (Phi) is 2.69. The second kappa shape index (κ2) is 4.34. The summed E-state index contributed by atoms with van der Waals surface area (Å²) in [5.74, 6) is 2.12. The first-order valence-corrected chi connectivity index (χ1v) is 7.49. The molecule has 2 aliphatic rings. The number of halogens is 1. The van der Waals surface area contributed by atoms with Gasteiger partial charge in [-0.05, 0) is 49.1 Å². The molecule has 20 heavy (non-hydrogen) atoms. The number of fused-ring (bicyclic) bond motifs is 2. The maximum absolute atomic E-state index is 9.78. The third-order valence-electron chi connectivity index (χ3n) is 4.82. The summed E-state index contributed by atoms with van der Waals surface area (Å²) in [6.07, 6.45) is 0.842. The smallest absolute Gasteiger partial charge is 0.129 e. The molecule has 1 saturated carbocycles. The molecule has 1 aliphatic carbocycles. The number of aliphatic hydroxyl groups is 1. The fraction of sp³-hybridized carbons (Fsp3) is 0.438. The molecule has 0 amide bonds. The first-order chi connectivity index (χ1) is 9.61. The molecule has 4 rings (SSSR count). The zero-order valence-electron chi connectivity index (χ0n) is 11.4. The van der Waals surface area contributed by atoms with Gasteiger partial charge in [-0.2, -0.15) is 0 Å². The Balaban J connectivity index is 1.72. The summed E-state index contributed by atoms with van der Waals surface area (Å²) < 4.78 is 0. The van der Waals surface area contributed by atoms with Gasteiger partial charge < -0.3 is 10.0 Å². The number of hydrogen-bond donors (Lipinski definition) is 1. The van der Waals surface area contributed by atoms with Crippen LogP contribution >= 0.6 is 11.6 Å². The highest BCUT2D eigenvalue weighted by atomic mass is 35.5. The van der Waals surface area contributed by atoms with E-state index in [1.165, 1.54) is 5.56 Å². The highest BCUT2D eigenvalue weighted by Crippen LogP contribution is 2.42. The number of benzene rings is 1. The fourth-order valence-electron chi connectivity index (χ4n) is 3.57. The summed E-state index contributed by atoms with van der Waals surface area (Å²) in [4.78, 5) is 7.08. The third-order valence-corrected chi connectivity index (χ3v) is 5.05. The molecule has 1 aromatic heterocycles. The molecule has 1 aliphatic heterocycles. The van der Waals surface area contributed by atoms with Crippen molar-refractivity contribution in [3.8, 4) is 0 Å². The third kappa shape index (κ3) is 1.80. The van der Waals surface area contributed by atoms with E-state index in [1.807, 2.05) is 18.2 Å². The Bertz CT molecular complexity index is 687. The number of hydrogen-bond acceptors (Lipinski definition) is 3. The molecule has 3 nitrogen and oxygen atoms in total. The van der Waals surface area contributed by atoms with Crippen molar-refractivity contribution in [2.75, 3.05) is 18.0 Å². The lowest BCUT2D eigenvalue weighted by atomic mass is 9.74. The van der Waals surface area contributed by atoms with E-state index in [0.29, 0.717) is 11.8 Å². The van der Waals surface area contributed by atoms with Crippen LogP contribution in [0.15, 0.2) is 24.3 Å². The van der Waals surface area contributed by atoms with Gasteiger partial charge in [-0.3, -0.25) is 0 Å². The van der Waals surface area contributed by atoms with Crippen molar-refractivity contribution in [1.82, 2.24) is 4.98 Å². The zero-order chi connectivity index (χ0) is 13.9. The van der Waals surface area contributed by atoms with Crippen LogP contribution in [-0.2, 0) is 0 Å². The van der Waals surface area contributed by atoms with Crippen LogP contribution in [0.4, 0.5) is 5.82 Å². The van der Waals surface area contributed by atoms with Crippen LogP contribution < -0.4 is 4.90 Å². The predicted molar refractivity (Wildman–Crippen MR) is 81.3 cm³/mol. The molecule has 2 aromatic rings. The summed E-state index contributed by atoms with van der Waals surface area (Å²) in [6.45, 7) is 4.05. The number of pyridine rings is 1. The molecule has 0 radical (unpaired) electrons. The van der Waals surface area contributed by atoms with Crippen molar-refractivity contribution in [2.24, 2.45) is 11.8 Å². The van der Waals surface area contributed by atoms with E-state index < -0.39 is 0 Å². The van der Waals surface area contributed by atoms with Crippen LogP contribution in [0, 0.1) is 18.8 Å². The molecular weight excluding hydrogens is 272 g/mol. The molecule has 1 aromatic carbocycles. The Hall–Kier alpha value is -1.32. The normalized spacial score (nSPS) is 28.6. The maximum atomic E-state index is 9.78. The minimum atomic E-state index is -0.106. The van der Waals surface area contributed by atoms with Gasteiger partial charge in [0.15, 0.2) is 0 Å². The lowest BCUT2D eigenvalue weighted by Crippen LogP contribution is -2.39. The number of aliphatic hydroxyl groups excluding tert-OH is 1. The molecule has 1 N–H and O–H groups in total. The molecule has 2 fully saturated rings. The van der Waals surface area contributed by atoms with Crippen molar-refractivity contribution in [1.29, 1.82) is 0 Å². The van der Waals surface area contributed by atoms with Gasteiger partial charge in [0.2, 0.25) is 0 Å². The number of nitrogens with zero attached hydrogens (tertiary/aromatic N) is 2. The largest absolute Gasteiger partial charge is 0.393 e. The number of anilines is 1.